The molecule has 0 radical (unpaired) electrons. The Kier molecular flexibility index (Phi) is 6.65. The van der Waals surface area contributed by atoms with Crippen molar-refractivity contribution in [1.82, 2.24) is 9.80 Å². The van der Waals surface area contributed by atoms with Gasteiger partial charge >= 0.3 is 0 Å². The third-order valence-corrected chi connectivity index (χ3v) is 5.87. The van der Waals surface area contributed by atoms with Gasteiger partial charge in [-0.05, 0) is 38.4 Å². The quantitative estimate of drug-likeness (QED) is 0.376. The fraction of sp³-hybridized carbons (Fsp3) is 0.360. The van der Waals surface area contributed by atoms with Crippen molar-refractivity contribution in [1.29, 1.82) is 0 Å². The largest absolute Gasteiger partial charge is 0.507 e. The fourth-order valence-electron chi connectivity index (χ4n) is 4.22. The van der Waals surface area contributed by atoms with Crippen LogP contribution in [0.25, 0.3) is 5.76 Å². The van der Waals surface area contributed by atoms with Crippen molar-refractivity contribution in [2.75, 3.05) is 54.6 Å². The van der Waals surface area contributed by atoms with E-state index in [1.54, 1.807) is 36.4 Å². The first-order valence-corrected chi connectivity index (χ1v) is 10.9. The minimum absolute atomic E-state index is 0.0213. The molecular weight excluding hydrogens is 440 g/mol. The van der Waals surface area contributed by atoms with Crippen LogP contribution in [0.4, 0.5) is 0 Å². The van der Waals surface area contributed by atoms with Crippen molar-refractivity contribution >= 4 is 17.4 Å². The summed E-state index contributed by atoms with van der Waals surface area (Å²) in [5, 5.41) is 11.3. The van der Waals surface area contributed by atoms with Crippen molar-refractivity contribution in [3.63, 3.8) is 0 Å². The number of methoxy groups -OCH3 is 2. The summed E-state index contributed by atoms with van der Waals surface area (Å²) in [5.41, 5.74) is 0.868. The number of ether oxygens (including phenoxy) is 4. The molecule has 1 atom stereocenters. The Hall–Kier alpha value is -3.72. The van der Waals surface area contributed by atoms with E-state index in [0.717, 1.165) is 0 Å². The van der Waals surface area contributed by atoms with Gasteiger partial charge in [0.15, 0.2) is 23.0 Å². The predicted octanol–water partition coefficient (Wildman–Crippen LogP) is 2.46. The highest BCUT2D eigenvalue weighted by molar-refractivity contribution is 6.46. The summed E-state index contributed by atoms with van der Waals surface area (Å²) in [4.78, 5) is 29.8. The van der Waals surface area contributed by atoms with Crippen molar-refractivity contribution < 1.29 is 33.6 Å². The van der Waals surface area contributed by atoms with E-state index in [1.165, 1.54) is 19.1 Å². The molecule has 2 aliphatic rings. The highest BCUT2D eigenvalue weighted by atomic mass is 16.6. The van der Waals surface area contributed by atoms with Crippen LogP contribution in [-0.4, -0.2) is 81.2 Å². The van der Waals surface area contributed by atoms with Gasteiger partial charge in [-0.25, -0.2) is 0 Å². The maximum atomic E-state index is 13.3. The van der Waals surface area contributed by atoms with Crippen molar-refractivity contribution in [3.05, 3.63) is 53.1 Å². The van der Waals surface area contributed by atoms with Gasteiger partial charge in [0.1, 0.15) is 19.0 Å². The number of carbonyl (C=O) groups excluding carboxylic acids is 2. The first-order chi connectivity index (χ1) is 16.4. The Balaban J connectivity index is 1.89. The predicted molar refractivity (Wildman–Crippen MR) is 125 cm³/mol. The van der Waals surface area contributed by atoms with Gasteiger partial charge in [0.2, 0.25) is 0 Å². The minimum Gasteiger partial charge on any atom is -0.507 e. The molecule has 1 N–H and O–H groups in total. The minimum atomic E-state index is -0.863. The Morgan fingerprint density at radius 1 is 1.09 bits per heavy atom. The average molecular weight is 469 g/mol. The molecule has 0 saturated carbocycles. The van der Waals surface area contributed by atoms with E-state index < -0.39 is 17.7 Å². The number of fused-ring (bicyclic) bond motifs is 1. The monoisotopic (exact) mass is 468 g/mol. The molecule has 4 rings (SSSR count). The Morgan fingerprint density at radius 2 is 1.82 bits per heavy atom. The Labute approximate surface area is 198 Å². The van der Waals surface area contributed by atoms with Gasteiger partial charge in [-0.2, -0.15) is 0 Å². The number of benzene rings is 2. The average Bonchev–Trinajstić information content (AvgIpc) is 3.10. The lowest BCUT2D eigenvalue weighted by atomic mass is 9.94. The van der Waals surface area contributed by atoms with Crippen LogP contribution in [0.3, 0.4) is 0 Å². The zero-order chi connectivity index (χ0) is 24.4. The summed E-state index contributed by atoms with van der Waals surface area (Å²) in [7, 11) is 6.77. The molecule has 0 spiro atoms. The lowest BCUT2D eigenvalue weighted by molar-refractivity contribution is -0.140. The van der Waals surface area contributed by atoms with Crippen molar-refractivity contribution in [3.8, 4) is 23.0 Å². The SMILES string of the molecule is COc1cccc(C2C(=C(O)c3ccc4c(c3)OCCO4)C(=O)C(=O)N2CCN(C)C)c1OC. The van der Waals surface area contributed by atoms with Crippen LogP contribution in [0.15, 0.2) is 42.0 Å². The van der Waals surface area contributed by atoms with Gasteiger partial charge in [-0.1, -0.05) is 12.1 Å². The topological polar surface area (TPSA) is 97.8 Å². The van der Waals surface area contributed by atoms with Gasteiger partial charge < -0.3 is 33.9 Å². The molecule has 9 heteroatoms. The molecule has 1 fully saturated rings. The number of hydrogen-bond acceptors (Lipinski definition) is 8. The summed E-state index contributed by atoms with van der Waals surface area (Å²) < 4.78 is 22.2. The molecule has 0 bridgehead atoms. The maximum absolute atomic E-state index is 13.3. The smallest absolute Gasteiger partial charge is 0.295 e. The lowest BCUT2D eigenvalue weighted by Crippen LogP contribution is -2.35. The summed E-state index contributed by atoms with van der Waals surface area (Å²) in [6, 6.07) is 9.30. The standard InChI is InChI=1S/C25H28N2O7/c1-26(2)10-11-27-21(16-6-5-7-18(31-3)24(16)32-4)20(23(29)25(27)30)22(28)15-8-9-17-19(14-15)34-13-12-33-17/h5-9,14,21,28H,10-13H2,1-4H3. The number of amides is 1. The number of likely N-dealkylation sites (tertiary alicyclic amines) is 1. The number of likely N-dealkylation sites (N-methyl/N-ethyl adjacent to an activating group) is 1. The van der Waals surface area contributed by atoms with E-state index in [0.29, 0.717) is 53.9 Å². The van der Waals surface area contributed by atoms with Crippen molar-refractivity contribution in [2.24, 2.45) is 0 Å². The van der Waals surface area contributed by atoms with Crippen LogP contribution in [-0.2, 0) is 9.59 Å². The molecule has 2 heterocycles. The van der Waals surface area contributed by atoms with E-state index in [1.807, 2.05) is 19.0 Å². The number of ketones is 1. The number of rotatable bonds is 7. The fourth-order valence-corrected chi connectivity index (χ4v) is 4.22. The van der Waals surface area contributed by atoms with E-state index in [9.17, 15) is 14.7 Å². The zero-order valence-electron chi connectivity index (χ0n) is 19.7. The Morgan fingerprint density at radius 3 is 2.50 bits per heavy atom. The highest BCUT2D eigenvalue weighted by Gasteiger charge is 2.47. The van der Waals surface area contributed by atoms with E-state index in [2.05, 4.69) is 0 Å². The molecule has 0 aromatic heterocycles. The van der Waals surface area contributed by atoms with Gasteiger partial charge in [0, 0.05) is 24.2 Å². The summed E-state index contributed by atoms with van der Waals surface area (Å²) >= 11 is 0. The van der Waals surface area contributed by atoms with Gasteiger partial charge in [0.25, 0.3) is 11.7 Å². The highest BCUT2D eigenvalue weighted by Crippen LogP contribution is 2.46. The van der Waals surface area contributed by atoms with Crippen LogP contribution in [0.5, 0.6) is 23.0 Å². The van der Waals surface area contributed by atoms with Gasteiger partial charge in [-0.3, -0.25) is 9.59 Å². The number of carbonyl (C=O) groups is 2. The van der Waals surface area contributed by atoms with E-state index in [4.69, 9.17) is 18.9 Å². The summed E-state index contributed by atoms with van der Waals surface area (Å²) in [6.45, 7) is 1.62. The van der Waals surface area contributed by atoms with Gasteiger partial charge in [0.05, 0.1) is 25.8 Å². The number of aliphatic hydroxyl groups is 1. The third kappa shape index (κ3) is 4.14. The number of nitrogens with zero attached hydrogens (tertiary/aromatic N) is 2. The maximum Gasteiger partial charge on any atom is 0.295 e. The number of aliphatic hydroxyl groups excluding tert-OH is 1. The third-order valence-electron chi connectivity index (χ3n) is 5.87. The number of para-hydroxylation sites is 1. The van der Waals surface area contributed by atoms with Gasteiger partial charge in [-0.15, -0.1) is 0 Å². The molecule has 0 aliphatic carbocycles. The summed E-state index contributed by atoms with van der Waals surface area (Å²) in [6.07, 6.45) is 0. The number of Topliss-reactive ketones (excluding diaryl/α,β-unsaturated/α-hetero) is 1. The second-order valence-electron chi connectivity index (χ2n) is 8.24. The second kappa shape index (κ2) is 9.64. The molecular formula is C25H28N2O7. The first kappa shape index (κ1) is 23.4. The van der Waals surface area contributed by atoms with E-state index >= 15 is 0 Å². The molecule has 2 aromatic carbocycles. The Bertz CT molecular complexity index is 1140. The van der Waals surface area contributed by atoms with Crippen LogP contribution in [0, 0.1) is 0 Å². The normalized spacial score (nSPS) is 19.0. The van der Waals surface area contributed by atoms with Crippen LogP contribution in [0.1, 0.15) is 17.2 Å². The molecule has 2 aromatic rings. The number of hydrogen-bond donors (Lipinski definition) is 1. The van der Waals surface area contributed by atoms with Crippen LogP contribution in [0.2, 0.25) is 0 Å². The van der Waals surface area contributed by atoms with Crippen LogP contribution < -0.4 is 18.9 Å². The van der Waals surface area contributed by atoms with Crippen LogP contribution >= 0.6 is 0 Å². The molecule has 180 valence electrons. The molecule has 1 amide bonds. The zero-order valence-corrected chi connectivity index (χ0v) is 19.7. The molecule has 2 aliphatic heterocycles. The molecule has 9 nitrogen and oxygen atoms in total. The second-order valence-corrected chi connectivity index (χ2v) is 8.24. The first-order valence-electron chi connectivity index (χ1n) is 10.9. The van der Waals surface area contributed by atoms with E-state index in [-0.39, 0.29) is 17.9 Å². The van der Waals surface area contributed by atoms with Crippen molar-refractivity contribution in [2.45, 2.75) is 6.04 Å². The molecule has 1 unspecified atom stereocenters. The lowest BCUT2D eigenvalue weighted by Gasteiger charge is -2.28. The molecule has 1 saturated heterocycles. The summed E-state index contributed by atoms with van der Waals surface area (Å²) in [5.74, 6) is 0.125. The molecule has 34 heavy (non-hydrogen) atoms.